The van der Waals surface area contributed by atoms with Crippen molar-refractivity contribution in [2.24, 2.45) is 0 Å². The molecule has 0 aromatic carbocycles. The van der Waals surface area contributed by atoms with Crippen molar-refractivity contribution >= 4 is 5.69 Å². The van der Waals surface area contributed by atoms with Crippen LogP contribution in [0.3, 0.4) is 0 Å². The molecular weight excluding hydrogens is 210 g/mol. The zero-order chi connectivity index (χ0) is 12.1. The maximum atomic E-state index is 4.40. The summed E-state index contributed by atoms with van der Waals surface area (Å²) in [4.78, 5) is 6.79. The summed E-state index contributed by atoms with van der Waals surface area (Å²) in [6.07, 6.45) is 7.53. The first-order chi connectivity index (χ1) is 8.25. The fraction of sp³-hybridized carbons (Fsp3) is 0.500. The lowest BCUT2D eigenvalue weighted by Gasteiger charge is -2.25. The predicted molar refractivity (Wildman–Crippen MR) is 72.2 cm³/mol. The van der Waals surface area contributed by atoms with E-state index in [2.05, 4.69) is 53.3 Å². The van der Waals surface area contributed by atoms with Crippen molar-refractivity contribution < 1.29 is 0 Å². The minimum Gasteiger partial charge on any atom is -0.367 e. The summed E-state index contributed by atoms with van der Waals surface area (Å²) >= 11 is 0. The number of hydrogen-bond donors (Lipinski definition) is 1. The fourth-order valence-corrected chi connectivity index (χ4v) is 1.94. The van der Waals surface area contributed by atoms with Crippen LogP contribution in [0, 0.1) is 0 Å². The van der Waals surface area contributed by atoms with Gasteiger partial charge in [0.1, 0.15) is 0 Å². The van der Waals surface area contributed by atoms with E-state index < -0.39 is 0 Å². The molecule has 2 heterocycles. The molecule has 92 valence electrons. The standard InChI is InChI=1S/C14H21N3/c1-12(2)16-11-13-10-14(6-7-15-13)17-8-4-3-5-9-17/h3-4,6-7,10,12,16H,5,8-9,11H2,1-2H3. The van der Waals surface area contributed by atoms with E-state index in [0.29, 0.717) is 6.04 Å². The first-order valence-electron chi connectivity index (χ1n) is 6.34. The molecule has 1 N–H and O–H groups in total. The molecule has 0 fully saturated rings. The Balaban J connectivity index is 2.03. The van der Waals surface area contributed by atoms with Crippen LogP contribution in [0.2, 0.25) is 0 Å². The second-order valence-corrected chi connectivity index (χ2v) is 4.75. The monoisotopic (exact) mass is 231 g/mol. The highest BCUT2D eigenvalue weighted by Gasteiger charge is 2.08. The topological polar surface area (TPSA) is 28.2 Å². The molecule has 0 bridgehead atoms. The van der Waals surface area contributed by atoms with Crippen LogP contribution >= 0.6 is 0 Å². The molecule has 1 aromatic heterocycles. The van der Waals surface area contributed by atoms with Gasteiger partial charge >= 0.3 is 0 Å². The summed E-state index contributed by atoms with van der Waals surface area (Å²) in [5.74, 6) is 0. The molecule has 0 aliphatic carbocycles. The molecule has 0 saturated carbocycles. The third-order valence-electron chi connectivity index (χ3n) is 2.91. The molecule has 1 aliphatic rings. The first kappa shape index (κ1) is 12.1. The highest BCUT2D eigenvalue weighted by molar-refractivity contribution is 5.47. The molecule has 17 heavy (non-hydrogen) atoms. The summed E-state index contributed by atoms with van der Waals surface area (Å²) in [7, 11) is 0. The molecule has 1 aromatic rings. The number of hydrogen-bond acceptors (Lipinski definition) is 3. The molecule has 3 heteroatoms. The van der Waals surface area contributed by atoms with E-state index in [4.69, 9.17) is 0 Å². The van der Waals surface area contributed by atoms with Gasteiger partial charge in [0.05, 0.1) is 5.69 Å². The van der Waals surface area contributed by atoms with Crippen molar-refractivity contribution in [1.82, 2.24) is 10.3 Å². The third-order valence-corrected chi connectivity index (χ3v) is 2.91. The van der Waals surface area contributed by atoms with E-state index in [1.54, 1.807) is 0 Å². The summed E-state index contributed by atoms with van der Waals surface area (Å²) < 4.78 is 0. The number of rotatable bonds is 4. The van der Waals surface area contributed by atoms with Gasteiger partial charge in [0, 0.05) is 37.6 Å². The third kappa shape index (κ3) is 3.56. The molecule has 1 aliphatic heterocycles. The lowest BCUT2D eigenvalue weighted by Crippen LogP contribution is -2.27. The lowest BCUT2D eigenvalue weighted by atomic mass is 10.2. The van der Waals surface area contributed by atoms with Crippen LogP contribution in [0.5, 0.6) is 0 Å². The van der Waals surface area contributed by atoms with Crippen LogP contribution in [-0.2, 0) is 6.54 Å². The quantitative estimate of drug-likeness (QED) is 0.806. The number of nitrogens with zero attached hydrogens (tertiary/aromatic N) is 2. The Labute approximate surface area is 104 Å². The number of anilines is 1. The van der Waals surface area contributed by atoms with E-state index in [0.717, 1.165) is 31.7 Å². The Hall–Kier alpha value is -1.35. The normalized spacial score (nSPS) is 15.6. The van der Waals surface area contributed by atoms with Crippen molar-refractivity contribution in [3.8, 4) is 0 Å². The number of pyridine rings is 1. The molecule has 0 unspecified atom stereocenters. The minimum absolute atomic E-state index is 0.498. The Morgan fingerprint density at radius 3 is 3.00 bits per heavy atom. The Bertz CT molecular complexity index is 385. The van der Waals surface area contributed by atoms with Gasteiger partial charge in [-0.05, 0) is 18.6 Å². The minimum atomic E-state index is 0.498. The van der Waals surface area contributed by atoms with Gasteiger partial charge in [-0.15, -0.1) is 0 Å². The lowest BCUT2D eigenvalue weighted by molar-refractivity contribution is 0.581. The van der Waals surface area contributed by atoms with Crippen molar-refractivity contribution in [3.05, 3.63) is 36.2 Å². The smallest absolute Gasteiger partial charge is 0.0562 e. The van der Waals surface area contributed by atoms with E-state index in [9.17, 15) is 0 Å². The van der Waals surface area contributed by atoms with Gasteiger partial charge in [-0.1, -0.05) is 26.0 Å². The van der Waals surface area contributed by atoms with E-state index in [1.165, 1.54) is 5.69 Å². The van der Waals surface area contributed by atoms with Crippen LogP contribution in [0.15, 0.2) is 30.5 Å². The van der Waals surface area contributed by atoms with Crippen LogP contribution in [0.25, 0.3) is 0 Å². The zero-order valence-corrected chi connectivity index (χ0v) is 10.7. The molecule has 2 rings (SSSR count). The highest BCUT2D eigenvalue weighted by Crippen LogP contribution is 2.17. The Morgan fingerprint density at radius 1 is 1.41 bits per heavy atom. The second-order valence-electron chi connectivity index (χ2n) is 4.75. The maximum Gasteiger partial charge on any atom is 0.0562 e. The molecule has 0 spiro atoms. The van der Waals surface area contributed by atoms with Crippen molar-refractivity contribution in [1.29, 1.82) is 0 Å². The largest absolute Gasteiger partial charge is 0.367 e. The molecule has 0 amide bonds. The Kier molecular flexibility index (Phi) is 4.15. The van der Waals surface area contributed by atoms with E-state index >= 15 is 0 Å². The molecular formula is C14H21N3. The Morgan fingerprint density at radius 2 is 2.29 bits per heavy atom. The van der Waals surface area contributed by atoms with Crippen LogP contribution in [0.1, 0.15) is 26.0 Å². The van der Waals surface area contributed by atoms with Crippen LogP contribution in [-0.4, -0.2) is 24.1 Å². The van der Waals surface area contributed by atoms with Crippen molar-refractivity contribution in [3.63, 3.8) is 0 Å². The number of aromatic nitrogens is 1. The molecule has 3 nitrogen and oxygen atoms in total. The van der Waals surface area contributed by atoms with Crippen LogP contribution < -0.4 is 10.2 Å². The average Bonchev–Trinajstić information content (AvgIpc) is 2.38. The summed E-state index contributed by atoms with van der Waals surface area (Å²) in [6, 6.07) is 4.78. The molecule has 0 saturated heterocycles. The predicted octanol–water partition coefficient (Wildman–Crippen LogP) is 2.35. The summed E-state index contributed by atoms with van der Waals surface area (Å²) in [5, 5.41) is 3.40. The van der Waals surface area contributed by atoms with Crippen molar-refractivity contribution in [2.45, 2.75) is 32.9 Å². The molecule has 0 radical (unpaired) electrons. The first-order valence-corrected chi connectivity index (χ1v) is 6.34. The van der Waals surface area contributed by atoms with Gasteiger partial charge in [-0.3, -0.25) is 4.98 Å². The van der Waals surface area contributed by atoms with Gasteiger partial charge in [0.2, 0.25) is 0 Å². The second kappa shape index (κ2) is 5.82. The van der Waals surface area contributed by atoms with Gasteiger partial charge < -0.3 is 10.2 Å². The van der Waals surface area contributed by atoms with Gasteiger partial charge in [0.15, 0.2) is 0 Å². The number of nitrogens with one attached hydrogen (secondary N) is 1. The maximum absolute atomic E-state index is 4.40. The fourth-order valence-electron chi connectivity index (χ4n) is 1.94. The SMILES string of the molecule is CC(C)NCc1cc(N2CC=CCC2)ccn1. The van der Waals surface area contributed by atoms with Gasteiger partial charge in [-0.2, -0.15) is 0 Å². The van der Waals surface area contributed by atoms with Crippen molar-refractivity contribution in [2.75, 3.05) is 18.0 Å². The summed E-state index contributed by atoms with van der Waals surface area (Å²) in [6.45, 7) is 7.27. The zero-order valence-electron chi connectivity index (χ0n) is 10.7. The molecule has 0 atom stereocenters. The average molecular weight is 231 g/mol. The van der Waals surface area contributed by atoms with Gasteiger partial charge in [0.25, 0.3) is 0 Å². The van der Waals surface area contributed by atoms with Crippen LogP contribution in [0.4, 0.5) is 5.69 Å². The summed E-state index contributed by atoms with van der Waals surface area (Å²) in [5.41, 5.74) is 2.40. The van der Waals surface area contributed by atoms with Gasteiger partial charge in [-0.25, -0.2) is 0 Å². The highest BCUT2D eigenvalue weighted by atomic mass is 15.1. The van der Waals surface area contributed by atoms with E-state index in [1.807, 2.05) is 6.20 Å². The van der Waals surface area contributed by atoms with E-state index in [-0.39, 0.29) is 0 Å².